The summed E-state index contributed by atoms with van der Waals surface area (Å²) in [7, 11) is -3.98. The second-order valence-electron chi connectivity index (χ2n) is 13.6. The van der Waals surface area contributed by atoms with Crippen molar-refractivity contribution in [3.63, 3.8) is 0 Å². The Morgan fingerprint density at radius 1 is 0.782 bits per heavy atom. The van der Waals surface area contributed by atoms with Gasteiger partial charge in [0.25, 0.3) is 0 Å². The van der Waals surface area contributed by atoms with Crippen molar-refractivity contribution in [3.8, 4) is 0 Å². The van der Waals surface area contributed by atoms with Gasteiger partial charge in [-0.2, -0.15) is 4.72 Å². The van der Waals surface area contributed by atoms with Crippen LogP contribution in [0, 0.1) is 12.8 Å². The highest BCUT2D eigenvalue weighted by molar-refractivity contribution is 7.99. The van der Waals surface area contributed by atoms with Crippen molar-refractivity contribution in [2.75, 3.05) is 5.75 Å². The lowest BCUT2D eigenvalue weighted by atomic mass is 9.91. The highest BCUT2D eigenvalue weighted by Gasteiger charge is 2.38. The van der Waals surface area contributed by atoms with Gasteiger partial charge in [-0.15, -0.1) is 11.8 Å². The summed E-state index contributed by atoms with van der Waals surface area (Å²) in [5.41, 5.74) is 5.23. The molecule has 1 fully saturated rings. The van der Waals surface area contributed by atoms with Crippen LogP contribution in [-0.4, -0.2) is 48.4 Å². The molecule has 6 rings (SSSR count). The summed E-state index contributed by atoms with van der Waals surface area (Å²) in [6.45, 7) is 4.00. The number of hydrogen-bond donors (Lipinski definition) is 4. The number of carboxylic acids is 1. The molecule has 0 spiro atoms. The fraction of sp³-hybridized carbons (Fsp3) is 0.256. The summed E-state index contributed by atoms with van der Waals surface area (Å²) in [6, 6.07) is 36.6. The quantitative estimate of drug-likeness (QED) is 0.0826. The first-order chi connectivity index (χ1) is 26.5. The summed E-state index contributed by atoms with van der Waals surface area (Å²) in [4.78, 5) is 26.2. The maximum atomic E-state index is 13.6. The number of aromatic carboxylic acids is 1. The largest absolute Gasteiger partial charge is 0.478 e. The van der Waals surface area contributed by atoms with Crippen LogP contribution in [0.2, 0.25) is 0 Å². The van der Waals surface area contributed by atoms with Crippen LogP contribution in [0.25, 0.3) is 0 Å². The van der Waals surface area contributed by atoms with Gasteiger partial charge >= 0.3 is 5.97 Å². The van der Waals surface area contributed by atoms with E-state index in [0.717, 1.165) is 33.4 Å². The molecule has 5 aromatic rings. The van der Waals surface area contributed by atoms with E-state index >= 15 is 0 Å². The molecular weight excluding hydrogens is 737 g/mol. The Bertz CT molecular complexity index is 2160. The lowest BCUT2D eigenvalue weighted by molar-refractivity contribution is -0.268. The number of carbonyl (C=O) groups is 2. The molecule has 5 atom stereocenters. The van der Waals surface area contributed by atoms with Gasteiger partial charge in [0.15, 0.2) is 6.29 Å². The molecule has 55 heavy (non-hydrogen) atoms. The first kappa shape index (κ1) is 39.9. The van der Waals surface area contributed by atoms with Crippen molar-refractivity contribution in [1.29, 1.82) is 0 Å². The minimum atomic E-state index is -3.98. The monoisotopic (exact) mass is 780 g/mol. The van der Waals surface area contributed by atoms with Crippen LogP contribution in [0.3, 0.4) is 0 Å². The number of carbonyl (C=O) groups excluding carboxylic acids is 1. The number of hydrogen-bond acceptors (Lipinski definition) is 8. The number of sulfonamides is 1. The Morgan fingerprint density at radius 2 is 1.42 bits per heavy atom. The molecule has 1 aliphatic heterocycles. The third kappa shape index (κ3) is 10.3. The van der Waals surface area contributed by atoms with E-state index in [1.54, 1.807) is 30.3 Å². The number of aryl methyl sites for hydroxylation is 1. The van der Waals surface area contributed by atoms with Crippen LogP contribution in [0.5, 0.6) is 0 Å². The molecule has 0 aliphatic carbocycles. The van der Waals surface area contributed by atoms with Crippen molar-refractivity contribution < 1.29 is 37.7 Å². The maximum absolute atomic E-state index is 13.6. The number of rotatable bonds is 15. The summed E-state index contributed by atoms with van der Waals surface area (Å²) < 4.78 is 42.3. The zero-order valence-corrected chi connectivity index (χ0v) is 32.1. The van der Waals surface area contributed by atoms with Crippen LogP contribution in [-0.2, 0) is 43.9 Å². The van der Waals surface area contributed by atoms with Crippen LogP contribution in [0.15, 0.2) is 137 Å². The van der Waals surface area contributed by atoms with Gasteiger partial charge in [-0.1, -0.05) is 116 Å². The van der Waals surface area contributed by atoms with Crippen molar-refractivity contribution in [3.05, 3.63) is 166 Å². The number of nitrogens with one attached hydrogen (secondary N) is 2. The van der Waals surface area contributed by atoms with Gasteiger partial charge in [0.1, 0.15) is 6.04 Å². The van der Waals surface area contributed by atoms with Crippen molar-refractivity contribution in [2.24, 2.45) is 5.92 Å². The van der Waals surface area contributed by atoms with Gasteiger partial charge in [0.05, 0.1) is 29.3 Å². The van der Waals surface area contributed by atoms with Gasteiger partial charge in [-0.3, -0.25) is 4.79 Å². The number of aliphatic hydroxyl groups excluding tert-OH is 1. The topological polar surface area (TPSA) is 151 Å². The Balaban J connectivity index is 1.16. The van der Waals surface area contributed by atoms with E-state index < -0.39 is 34.2 Å². The van der Waals surface area contributed by atoms with Crippen molar-refractivity contribution >= 4 is 33.7 Å². The molecule has 0 saturated carbocycles. The second-order valence-corrected chi connectivity index (χ2v) is 16.3. The highest BCUT2D eigenvalue weighted by Crippen LogP contribution is 2.43. The first-order valence-corrected chi connectivity index (χ1v) is 20.4. The molecule has 1 amide bonds. The lowest BCUT2D eigenvalue weighted by Crippen LogP contribution is -2.47. The molecule has 0 unspecified atom stereocenters. The van der Waals surface area contributed by atoms with Crippen LogP contribution < -0.4 is 10.0 Å². The molecule has 4 N–H and O–H groups in total. The summed E-state index contributed by atoms with van der Waals surface area (Å²) in [5.74, 6) is -1.06. The predicted molar refractivity (Wildman–Crippen MR) is 211 cm³/mol. The number of thioether (sulfide) groups is 1. The number of ether oxygens (including phenoxy) is 2. The molecule has 286 valence electrons. The maximum Gasteiger partial charge on any atom is 0.336 e. The van der Waals surface area contributed by atoms with E-state index in [4.69, 9.17) is 9.47 Å². The fourth-order valence-electron chi connectivity index (χ4n) is 6.37. The molecule has 1 saturated heterocycles. The second kappa shape index (κ2) is 18.2. The summed E-state index contributed by atoms with van der Waals surface area (Å²) >= 11 is 1.43. The van der Waals surface area contributed by atoms with E-state index in [0.29, 0.717) is 10.6 Å². The Morgan fingerprint density at radius 3 is 2.09 bits per heavy atom. The third-order valence-corrected chi connectivity index (χ3v) is 12.2. The fourth-order valence-corrected chi connectivity index (χ4v) is 8.77. The van der Waals surface area contributed by atoms with Crippen molar-refractivity contribution in [1.82, 2.24) is 10.0 Å². The van der Waals surface area contributed by atoms with E-state index in [9.17, 15) is 28.2 Å². The Kier molecular flexibility index (Phi) is 13.2. The standard InChI is InChI=1S/C43H44N2O8S2/c1-28-12-22-35(23-13-28)55(50,51)45-37(24-30-8-4-3-5-9-30)41(47)44-25-31-14-20-34(21-15-31)43-52-38(27-54-39-11-7-6-10-36(39)42(48)49)29(2)40(53-43)33-18-16-32(26-46)17-19-33/h3-23,29,37-38,40,43,45-46H,24-27H2,1-2H3,(H,44,47)(H,48,49)/t29-,37+,38+,40+,43+/m0/s1. The molecule has 1 aliphatic rings. The van der Waals surface area contributed by atoms with Gasteiger partial charge in [-0.05, 0) is 59.9 Å². The predicted octanol–water partition coefficient (Wildman–Crippen LogP) is 6.98. The molecule has 12 heteroatoms. The van der Waals surface area contributed by atoms with Crippen LogP contribution >= 0.6 is 11.8 Å². The summed E-state index contributed by atoms with van der Waals surface area (Å²) in [6.07, 6.45) is -1.24. The smallest absolute Gasteiger partial charge is 0.336 e. The Labute approximate surface area is 326 Å². The van der Waals surface area contributed by atoms with Gasteiger partial charge in [0, 0.05) is 28.7 Å². The molecule has 5 aromatic carbocycles. The van der Waals surface area contributed by atoms with E-state index in [1.807, 2.05) is 98.8 Å². The normalized spacial score (nSPS) is 19.0. The van der Waals surface area contributed by atoms with E-state index in [-0.39, 0.29) is 48.2 Å². The number of carboxylic acid groups (broad SMARTS) is 1. The summed E-state index contributed by atoms with van der Waals surface area (Å²) in [5, 5.41) is 22.2. The lowest BCUT2D eigenvalue weighted by Gasteiger charge is -2.41. The average molecular weight is 781 g/mol. The van der Waals surface area contributed by atoms with Gasteiger partial charge in [0.2, 0.25) is 15.9 Å². The molecule has 0 radical (unpaired) electrons. The Hall–Kier alpha value is -4.82. The molecule has 10 nitrogen and oxygen atoms in total. The highest BCUT2D eigenvalue weighted by atomic mass is 32.2. The zero-order valence-electron chi connectivity index (χ0n) is 30.5. The van der Waals surface area contributed by atoms with Crippen LogP contribution in [0.1, 0.15) is 63.1 Å². The number of amides is 1. The van der Waals surface area contributed by atoms with Crippen LogP contribution in [0.4, 0.5) is 0 Å². The first-order valence-electron chi connectivity index (χ1n) is 18.0. The molecular formula is C43H44N2O8S2. The SMILES string of the molecule is Cc1ccc(S(=O)(=O)N[C@H](Cc2ccccc2)C(=O)NCc2ccc([C@@H]3O[C@H](CSc4ccccc4C(=O)O)[C@H](C)[C@H](c4ccc(CO)cc4)O3)cc2)cc1. The average Bonchev–Trinajstić information content (AvgIpc) is 3.20. The van der Waals surface area contributed by atoms with E-state index in [2.05, 4.69) is 10.0 Å². The zero-order chi connectivity index (χ0) is 39.0. The molecule has 0 bridgehead atoms. The number of aliphatic hydroxyl groups is 1. The minimum Gasteiger partial charge on any atom is -0.478 e. The minimum absolute atomic E-state index is 0.0706. The van der Waals surface area contributed by atoms with Crippen molar-refractivity contribution in [2.45, 2.75) is 67.8 Å². The molecule has 0 aromatic heterocycles. The van der Waals surface area contributed by atoms with E-state index in [1.165, 1.54) is 23.9 Å². The van der Waals surface area contributed by atoms with Gasteiger partial charge in [-0.25, -0.2) is 13.2 Å². The third-order valence-electron chi connectivity index (χ3n) is 9.59. The molecule has 1 heterocycles. The number of benzene rings is 5. The van der Waals surface area contributed by atoms with Gasteiger partial charge < -0.3 is 25.0 Å².